The highest BCUT2D eigenvalue weighted by Crippen LogP contribution is 2.27. The molecule has 1 aliphatic rings. The first-order valence-electron chi connectivity index (χ1n) is 7.03. The van der Waals surface area contributed by atoms with Crippen LogP contribution in [0.15, 0.2) is 42.5 Å². The van der Waals surface area contributed by atoms with Crippen LogP contribution in [0.25, 0.3) is 0 Å². The van der Waals surface area contributed by atoms with Crippen LogP contribution < -0.4 is 10.2 Å². The number of hydrogen-bond acceptors (Lipinski definition) is 2. The van der Waals surface area contributed by atoms with Crippen molar-refractivity contribution >= 4 is 34.8 Å². The van der Waals surface area contributed by atoms with Crippen molar-refractivity contribution in [2.45, 2.75) is 13.3 Å². The van der Waals surface area contributed by atoms with Crippen molar-refractivity contribution in [3.8, 4) is 0 Å². The Hall–Kier alpha value is -2.33. The summed E-state index contributed by atoms with van der Waals surface area (Å²) in [6, 6.07) is 12.8. The van der Waals surface area contributed by atoms with Gasteiger partial charge in [-0.1, -0.05) is 29.8 Å². The van der Waals surface area contributed by atoms with Crippen LogP contribution in [0, 0.1) is 6.92 Å². The van der Waals surface area contributed by atoms with E-state index in [0.29, 0.717) is 17.3 Å². The molecular weight excluding hydrogens is 300 g/mol. The zero-order chi connectivity index (χ0) is 15.7. The van der Waals surface area contributed by atoms with E-state index in [1.165, 1.54) is 4.90 Å². The van der Waals surface area contributed by atoms with Crippen LogP contribution in [0.4, 0.5) is 11.4 Å². The van der Waals surface area contributed by atoms with E-state index >= 15 is 0 Å². The Morgan fingerprint density at radius 2 is 1.95 bits per heavy atom. The Morgan fingerprint density at radius 1 is 1.18 bits per heavy atom. The molecule has 1 heterocycles. The fourth-order valence-electron chi connectivity index (χ4n) is 2.61. The second-order valence-electron chi connectivity index (χ2n) is 5.25. The van der Waals surface area contributed by atoms with Gasteiger partial charge >= 0.3 is 11.8 Å². The number of aryl methyl sites for hydroxylation is 1. The smallest absolute Gasteiger partial charge is 0.316 e. The summed E-state index contributed by atoms with van der Waals surface area (Å²) >= 11 is 5.89. The van der Waals surface area contributed by atoms with Crippen LogP contribution in [0.1, 0.15) is 11.1 Å². The van der Waals surface area contributed by atoms with E-state index in [1.807, 2.05) is 31.2 Å². The summed E-state index contributed by atoms with van der Waals surface area (Å²) in [5, 5.41) is 3.25. The van der Waals surface area contributed by atoms with Crippen molar-refractivity contribution in [3.63, 3.8) is 0 Å². The average molecular weight is 315 g/mol. The number of fused-ring (bicyclic) bond motifs is 1. The molecule has 0 saturated carbocycles. The summed E-state index contributed by atoms with van der Waals surface area (Å²) in [5.41, 5.74) is 3.31. The third-order valence-corrected chi connectivity index (χ3v) is 4.00. The standard InChI is InChI=1S/C17H15ClN2O2/c1-11-10-13(18)6-7-14(11)19-16(21)17(22)20-9-8-12-4-2-3-5-15(12)20/h2-7,10H,8-9H2,1H3,(H,19,21). The molecule has 1 N–H and O–H groups in total. The Balaban J connectivity index is 1.77. The molecule has 5 heteroatoms. The number of anilines is 2. The predicted octanol–water partition coefficient (Wildman–Crippen LogP) is 3.18. The number of hydrogen-bond donors (Lipinski definition) is 1. The van der Waals surface area contributed by atoms with Crippen LogP contribution in [0.5, 0.6) is 0 Å². The number of carbonyl (C=O) groups excluding carboxylic acids is 2. The Bertz CT molecular complexity index is 758. The number of nitrogens with zero attached hydrogens (tertiary/aromatic N) is 1. The normalized spacial score (nSPS) is 12.9. The van der Waals surface area contributed by atoms with Crippen molar-refractivity contribution in [1.82, 2.24) is 0 Å². The van der Waals surface area contributed by atoms with E-state index in [0.717, 1.165) is 23.2 Å². The SMILES string of the molecule is Cc1cc(Cl)ccc1NC(=O)C(=O)N1CCc2ccccc21. The van der Waals surface area contributed by atoms with Gasteiger partial charge in [0.2, 0.25) is 0 Å². The first kappa shape index (κ1) is 14.6. The molecule has 0 fully saturated rings. The number of benzene rings is 2. The molecular formula is C17H15ClN2O2. The fraction of sp³-hybridized carbons (Fsp3) is 0.176. The van der Waals surface area contributed by atoms with E-state index in [-0.39, 0.29) is 0 Å². The molecule has 0 radical (unpaired) electrons. The summed E-state index contributed by atoms with van der Waals surface area (Å²) in [5.74, 6) is -1.18. The Morgan fingerprint density at radius 3 is 2.73 bits per heavy atom. The lowest BCUT2D eigenvalue weighted by Gasteiger charge is -2.17. The Labute approximate surface area is 133 Å². The van der Waals surface area contributed by atoms with Crippen molar-refractivity contribution in [2.24, 2.45) is 0 Å². The van der Waals surface area contributed by atoms with E-state index < -0.39 is 11.8 Å². The quantitative estimate of drug-likeness (QED) is 0.822. The van der Waals surface area contributed by atoms with Gasteiger partial charge in [0.25, 0.3) is 0 Å². The van der Waals surface area contributed by atoms with E-state index in [1.54, 1.807) is 18.2 Å². The molecule has 0 unspecified atom stereocenters. The summed E-state index contributed by atoms with van der Waals surface area (Å²) in [6.45, 7) is 2.36. The molecule has 112 valence electrons. The predicted molar refractivity (Wildman–Crippen MR) is 87.3 cm³/mol. The minimum atomic E-state index is -0.637. The van der Waals surface area contributed by atoms with Crippen LogP contribution in [0.3, 0.4) is 0 Å². The molecule has 4 nitrogen and oxygen atoms in total. The van der Waals surface area contributed by atoms with Crippen LogP contribution in [0.2, 0.25) is 5.02 Å². The molecule has 0 aromatic heterocycles. The number of rotatable bonds is 1. The van der Waals surface area contributed by atoms with Crippen LogP contribution >= 0.6 is 11.6 Å². The van der Waals surface area contributed by atoms with E-state index in [2.05, 4.69) is 5.32 Å². The zero-order valence-electron chi connectivity index (χ0n) is 12.1. The first-order chi connectivity index (χ1) is 10.6. The minimum absolute atomic E-state index is 0.533. The summed E-state index contributed by atoms with van der Waals surface area (Å²) in [6.07, 6.45) is 0.773. The summed E-state index contributed by atoms with van der Waals surface area (Å²) in [4.78, 5) is 26.1. The van der Waals surface area contributed by atoms with Gasteiger partial charge in [-0.25, -0.2) is 0 Å². The summed E-state index contributed by atoms with van der Waals surface area (Å²) < 4.78 is 0. The number of halogens is 1. The molecule has 22 heavy (non-hydrogen) atoms. The molecule has 3 rings (SSSR count). The van der Waals surface area contributed by atoms with Gasteiger partial charge in [0, 0.05) is 22.9 Å². The molecule has 2 amide bonds. The molecule has 0 bridgehead atoms. The maximum absolute atomic E-state index is 12.4. The van der Waals surface area contributed by atoms with Gasteiger partial charge in [0.05, 0.1) is 0 Å². The number of carbonyl (C=O) groups is 2. The van der Waals surface area contributed by atoms with Crippen molar-refractivity contribution in [3.05, 3.63) is 58.6 Å². The molecule has 0 atom stereocenters. The van der Waals surface area contributed by atoms with Crippen molar-refractivity contribution < 1.29 is 9.59 Å². The van der Waals surface area contributed by atoms with Gasteiger partial charge in [-0.15, -0.1) is 0 Å². The van der Waals surface area contributed by atoms with Gasteiger partial charge in [-0.05, 0) is 48.7 Å². The number of amides is 2. The summed E-state index contributed by atoms with van der Waals surface area (Å²) in [7, 11) is 0. The van der Waals surface area contributed by atoms with Gasteiger partial charge in [0.15, 0.2) is 0 Å². The average Bonchev–Trinajstić information content (AvgIpc) is 2.93. The van der Waals surface area contributed by atoms with E-state index in [9.17, 15) is 9.59 Å². The van der Waals surface area contributed by atoms with Crippen molar-refractivity contribution in [2.75, 3.05) is 16.8 Å². The van der Waals surface area contributed by atoms with Gasteiger partial charge in [0.1, 0.15) is 0 Å². The second kappa shape index (κ2) is 5.81. The highest BCUT2D eigenvalue weighted by atomic mass is 35.5. The lowest BCUT2D eigenvalue weighted by molar-refractivity contribution is -0.134. The molecule has 1 aliphatic heterocycles. The highest BCUT2D eigenvalue weighted by molar-refractivity contribution is 6.44. The molecule has 2 aromatic carbocycles. The van der Waals surface area contributed by atoms with Gasteiger partial charge in [-0.3, -0.25) is 9.59 Å². The largest absolute Gasteiger partial charge is 0.318 e. The van der Waals surface area contributed by atoms with Gasteiger partial charge in [-0.2, -0.15) is 0 Å². The van der Waals surface area contributed by atoms with Gasteiger partial charge < -0.3 is 10.2 Å². The maximum Gasteiger partial charge on any atom is 0.316 e. The second-order valence-corrected chi connectivity index (χ2v) is 5.69. The third kappa shape index (κ3) is 2.70. The minimum Gasteiger partial charge on any atom is -0.318 e. The van der Waals surface area contributed by atoms with E-state index in [4.69, 9.17) is 11.6 Å². The maximum atomic E-state index is 12.4. The van der Waals surface area contributed by atoms with Crippen LogP contribution in [-0.2, 0) is 16.0 Å². The molecule has 0 aliphatic carbocycles. The number of nitrogens with one attached hydrogen (secondary N) is 1. The highest BCUT2D eigenvalue weighted by Gasteiger charge is 2.29. The number of para-hydroxylation sites is 1. The fourth-order valence-corrected chi connectivity index (χ4v) is 2.84. The lowest BCUT2D eigenvalue weighted by Crippen LogP contribution is -2.38. The molecule has 2 aromatic rings. The van der Waals surface area contributed by atoms with Crippen molar-refractivity contribution in [1.29, 1.82) is 0 Å². The Kier molecular flexibility index (Phi) is 3.86. The topological polar surface area (TPSA) is 49.4 Å². The van der Waals surface area contributed by atoms with Crippen LogP contribution in [-0.4, -0.2) is 18.4 Å². The molecule has 0 spiro atoms. The zero-order valence-corrected chi connectivity index (χ0v) is 12.9. The monoisotopic (exact) mass is 314 g/mol. The lowest BCUT2D eigenvalue weighted by atomic mass is 10.2. The molecule has 0 saturated heterocycles. The third-order valence-electron chi connectivity index (χ3n) is 3.76. The first-order valence-corrected chi connectivity index (χ1v) is 7.41.